The molecular formula is C32H64O. The fourth-order valence-corrected chi connectivity index (χ4v) is 5.02. The quantitative estimate of drug-likeness (QED) is 0.105. The van der Waals surface area contributed by atoms with Crippen LogP contribution in [0.25, 0.3) is 0 Å². The molecule has 0 aromatic heterocycles. The van der Waals surface area contributed by atoms with Gasteiger partial charge >= 0.3 is 0 Å². The van der Waals surface area contributed by atoms with Crippen LogP contribution in [0, 0.1) is 5.92 Å². The molecule has 0 aromatic rings. The highest BCUT2D eigenvalue weighted by Crippen LogP contribution is 2.18. The van der Waals surface area contributed by atoms with Crippen LogP contribution in [-0.4, -0.2) is 5.78 Å². The number of unbranched alkanes of at least 4 members (excludes halogenated alkanes) is 23. The van der Waals surface area contributed by atoms with Gasteiger partial charge in [-0.2, -0.15) is 0 Å². The average molecular weight is 465 g/mol. The third-order valence-corrected chi connectivity index (χ3v) is 7.57. The standard InChI is InChI=1S/C32H64O/c1-4-6-8-10-12-14-16-18-20-22-24-26-28-30-32(33)31(3)29-27-25-23-21-19-17-15-13-11-9-7-5-2/h31H,4-30H2,1-3H3/t31-/m1/s1. The largest absolute Gasteiger partial charge is 0.299 e. The molecular weight excluding hydrogens is 400 g/mol. The maximum atomic E-state index is 12.4. The van der Waals surface area contributed by atoms with Gasteiger partial charge in [0.2, 0.25) is 0 Å². The van der Waals surface area contributed by atoms with Crippen molar-refractivity contribution in [3.63, 3.8) is 0 Å². The molecule has 0 heterocycles. The third-order valence-electron chi connectivity index (χ3n) is 7.57. The molecule has 0 aromatic carbocycles. The van der Waals surface area contributed by atoms with Crippen molar-refractivity contribution in [3.8, 4) is 0 Å². The van der Waals surface area contributed by atoms with E-state index in [0.717, 1.165) is 19.3 Å². The van der Waals surface area contributed by atoms with Gasteiger partial charge < -0.3 is 0 Å². The lowest BCUT2D eigenvalue weighted by Gasteiger charge is -2.10. The van der Waals surface area contributed by atoms with E-state index in [2.05, 4.69) is 20.8 Å². The van der Waals surface area contributed by atoms with Gasteiger partial charge in [0.1, 0.15) is 5.78 Å². The molecule has 0 unspecified atom stereocenters. The van der Waals surface area contributed by atoms with E-state index in [9.17, 15) is 4.79 Å². The summed E-state index contributed by atoms with van der Waals surface area (Å²) in [7, 11) is 0. The predicted molar refractivity (Wildman–Crippen MR) is 150 cm³/mol. The van der Waals surface area contributed by atoms with Gasteiger partial charge in [-0.15, -0.1) is 0 Å². The van der Waals surface area contributed by atoms with Crippen molar-refractivity contribution in [1.29, 1.82) is 0 Å². The van der Waals surface area contributed by atoms with Crippen LogP contribution in [0.15, 0.2) is 0 Å². The zero-order valence-electron chi connectivity index (χ0n) is 23.6. The second kappa shape index (κ2) is 27.9. The highest BCUT2D eigenvalue weighted by Gasteiger charge is 2.11. The molecule has 0 bridgehead atoms. The molecule has 0 aliphatic rings. The molecule has 1 atom stereocenters. The molecule has 33 heavy (non-hydrogen) atoms. The van der Waals surface area contributed by atoms with Gasteiger partial charge in [-0.3, -0.25) is 4.79 Å². The van der Waals surface area contributed by atoms with E-state index in [1.54, 1.807) is 0 Å². The van der Waals surface area contributed by atoms with E-state index in [-0.39, 0.29) is 0 Å². The van der Waals surface area contributed by atoms with E-state index < -0.39 is 0 Å². The minimum Gasteiger partial charge on any atom is -0.299 e. The first kappa shape index (κ1) is 32.7. The molecule has 198 valence electrons. The van der Waals surface area contributed by atoms with Crippen LogP contribution in [0.2, 0.25) is 0 Å². The van der Waals surface area contributed by atoms with Crippen LogP contribution in [0.4, 0.5) is 0 Å². The van der Waals surface area contributed by atoms with Gasteiger partial charge in [0.25, 0.3) is 0 Å². The molecule has 1 nitrogen and oxygen atoms in total. The second-order valence-corrected chi connectivity index (χ2v) is 11.0. The Labute approximate surface area is 210 Å². The summed E-state index contributed by atoms with van der Waals surface area (Å²) in [5.74, 6) is 0.826. The lowest BCUT2D eigenvalue weighted by molar-refractivity contribution is -0.122. The first-order chi connectivity index (χ1) is 16.2. The van der Waals surface area contributed by atoms with Crippen molar-refractivity contribution in [3.05, 3.63) is 0 Å². The lowest BCUT2D eigenvalue weighted by Crippen LogP contribution is -2.10. The molecule has 0 saturated heterocycles. The maximum absolute atomic E-state index is 12.4. The zero-order chi connectivity index (χ0) is 24.2. The first-order valence-electron chi connectivity index (χ1n) is 15.7. The van der Waals surface area contributed by atoms with Crippen molar-refractivity contribution >= 4 is 5.78 Å². The summed E-state index contributed by atoms with van der Waals surface area (Å²) in [5.41, 5.74) is 0. The Bertz CT molecular complexity index is 375. The number of rotatable bonds is 28. The van der Waals surface area contributed by atoms with Gasteiger partial charge in [-0.1, -0.05) is 175 Å². The van der Waals surface area contributed by atoms with Crippen molar-refractivity contribution in [2.45, 2.75) is 194 Å². The number of carbonyl (C=O) groups excluding carboxylic acids is 1. The van der Waals surface area contributed by atoms with Gasteiger partial charge in [0.15, 0.2) is 0 Å². The summed E-state index contributed by atoms with van der Waals surface area (Å²) < 4.78 is 0. The monoisotopic (exact) mass is 464 g/mol. The number of carbonyl (C=O) groups is 1. The Balaban J connectivity index is 3.29. The van der Waals surface area contributed by atoms with Gasteiger partial charge in [0.05, 0.1) is 0 Å². The van der Waals surface area contributed by atoms with E-state index in [1.165, 1.54) is 154 Å². The molecule has 0 saturated carbocycles. The van der Waals surface area contributed by atoms with Crippen LogP contribution >= 0.6 is 0 Å². The second-order valence-electron chi connectivity index (χ2n) is 11.0. The van der Waals surface area contributed by atoms with Crippen LogP contribution in [0.5, 0.6) is 0 Å². The Kier molecular flexibility index (Phi) is 27.6. The van der Waals surface area contributed by atoms with E-state index in [1.807, 2.05) is 0 Å². The summed E-state index contributed by atoms with van der Waals surface area (Å²) in [6, 6.07) is 0. The molecule has 0 spiro atoms. The smallest absolute Gasteiger partial charge is 0.135 e. The maximum Gasteiger partial charge on any atom is 0.135 e. The Morgan fingerprint density at radius 2 is 0.697 bits per heavy atom. The molecule has 0 fully saturated rings. The number of hydrogen-bond donors (Lipinski definition) is 0. The molecule has 0 N–H and O–H groups in total. The fraction of sp³-hybridized carbons (Fsp3) is 0.969. The summed E-state index contributed by atoms with van der Waals surface area (Å²) >= 11 is 0. The topological polar surface area (TPSA) is 17.1 Å². The minimum atomic E-state index is 0.297. The third kappa shape index (κ3) is 26.1. The number of hydrogen-bond acceptors (Lipinski definition) is 1. The van der Waals surface area contributed by atoms with E-state index >= 15 is 0 Å². The van der Waals surface area contributed by atoms with Gasteiger partial charge in [-0.05, 0) is 12.8 Å². The molecule has 0 amide bonds. The molecule has 0 radical (unpaired) electrons. The summed E-state index contributed by atoms with van der Waals surface area (Å²) in [6.07, 6.45) is 36.6. The Morgan fingerprint density at radius 1 is 0.424 bits per heavy atom. The normalized spacial score (nSPS) is 12.3. The summed E-state index contributed by atoms with van der Waals surface area (Å²) in [5, 5.41) is 0. The van der Waals surface area contributed by atoms with Gasteiger partial charge in [-0.25, -0.2) is 0 Å². The van der Waals surface area contributed by atoms with Crippen LogP contribution < -0.4 is 0 Å². The minimum absolute atomic E-state index is 0.297. The number of ketones is 1. The highest BCUT2D eigenvalue weighted by molar-refractivity contribution is 5.80. The predicted octanol–water partition coefficient (Wildman–Crippen LogP) is 11.8. The van der Waals surface area contributed by atoms with Gasteiger partial charge in [0, 0.05) is 12.3 Å². The zero-order valence-corrected chi connectivity index (χ0v) is 23.6. The molecule has 0 aliphatic heterocycles. The van der Waals surface area contributed by atoms with Crippen LogP contribution in [-0.2, 0) is 4.79 Å². The molecule has 0 rings (SSSR count). The van der Waals surface area contributed by atoms with Crippen molar-refractivity contribution in [2.24, 2.45) is 5.92 Å². The summed E-state index contributed by atoms with van der Waals surface area (Å²) in [4.78, 5) is 12.4. The van der Waals surface area contributed by atoms with E-state index in [4.69, 9.17) is 0 Å². The van der Waals surface area contributed by atoms with Crippen molar-refractivity contribution < 1.29 is 4.79 Å². The van der Waals surface area contributed by atoms with Crippen LogP contribution in [0.3, 0.4) is 0 Å². The Morgan fingerprint density at radius 3 is 1.03 bits per heavy atom. The number of Topliss-reactive ketones (excluding diaryl/α,β-unsaturated/α-hetero) is 1. The first-order valence-corrected chi connectivity index (χ1v) is 15.7. The van der Waals surface area contributed by atoms with Crippen LogP contribution in [0.1, 0.15) is 194 Å². The lowest BCUT2D eigenvalue weighted by atomic mass is 9.94. The SMILES string of the molecule is CCCCCCCCCCCCCCCC(=O)[C@H](C)CCCCCCCCCCCCCC. The Hall–Kier alpha value is -0.330. The molecule has 0 aliphatic carbocycles. The average Bonchev–Trinajstić information content (AvgIpc) is 2.82. The van der Waals surface area contributed by atoms with E-state index in [0.29, 0.717) is 11.7 Å². The van der Waals surface area contributed by atoms with Crippen molar-refractivity contribution in [2.75, 3.05) is 0 Å². The highest BCUT2D eigenvalue weighted by atomic mass is 16.1. The summed E-state index contributed by atoms with van der Waals surface area (Å²) in [6.45, 7) is 6.75. The fourth-order valence-electron chi connectivity index (χ4n) is 5.02. The molecule has 1 heteroatoms. The van der Waals surface area contributed by atoms with Crippen molar-refractivity contribution in [1.82, 2.24) is 0 Å².